The number of aldehydes is 1. The molecule has 3 nitrogen and oxygen atoms in total. The number of hydrogen-bond acceptors (Lipinski definition) is 3. The maximum Gasteiger partial charge on any atom is 0.165 e. The Hall–Kier alpha value is -1.98. The summed E-state index contributed by atoms with van der Waals surface area (Å²) in [6.45, 7) is 0.396. The van der Waals surface area contributed by atoms with Crippen LogP contribution in [0.4, 0.5) is 8.78 Å². The fourth-order valence-corrected chi connectivity index (χ4v) is 4.40. The summed E-state index contributed by atoms with van der Waals surface area (Å²) >= 11 is 5.97. The van der Waals surface area contributed by atoms with Crippen LogP contribution in [0.5, 0.6) is 5.75 Å². The summed E-state index contributed by atoms with van der Waals surface area (Å²) in [4.78, 5) is 11.6. The minimum absolute atomic E-state index is 0.0539. The zero-order valence-corrected chi connectivity index (χ0v) is 14.6. The summed E-state index contributed by atoms with van der Waals surface area (Å²) < 4.78 is 40.3. The molecule has 2 aliphatic heterocycles. The lowest BCUT2D eigenvalue weighted by Gasteiger charge is -2.50. The van der Waals surface area contributed by atoms with Gasteiger partial charge in [-0.15, -0.1) is 0 Å². The zero-order chi connectivity index (χ0) is 18.3. The van der Waals surface area contributed by atoms with Gasteiger partial charge in [0.2, 0.25) is 0 Å². The summed E-state index contributed by atoms with van der Waals surface area (Å²) in [5.74, 6) is -1.56. The molecule has 0 aliphatic carbocycles. The highest BCUT2D eigenvalue weighted by atomic mass is 35.5. The molecule has 2 aromatic rings. The average Bonchev–Trinajstić information content (AvgIpc) is 2.65. The normalized spacial score (nSPS) is 27.2. The van der Waals surface area contributed by atoms with Gasteiger partial charge < -0.3 is 14.3 Å². The van der Waals surface area contributed by atoms with E-state index >= 15 is 0 Å². The van der Waals surface area contributed by atoms with Gasteiger partial charge in [-0.05, 0) is 42.7 Å². The number of rotatable bonds is 3. The number of fused-ring (bicyclic) bond motifs is 3. The second kappa shape index (κ2) is 6.63. The quantitative estimate of drug-likeness (QED) is 0.754. The van der Waals surface area contributed by atoms with Gasteiger partial charge in [0.05, 0.1) is 6.61 Å². The molecule has 4 rings (SSSR count). The molecule has 0 bridgehead atoms. The summed E-state index contributed by atoms with van der Waals surface area (Å²) in [5.41, 5.74) is 0.360. The lowest BCUT2D eigenvalue weighted by atomic mass is 9.61. The van der Waals surface area contributed by atoms with Crippen molar-refractivity contribution in [2.24, 2.45) is 5.92 Å². The van der Waals surface area contributed by atoms with Gasteiger partial charge in [0, 0.05) is 28.5 Å². The van der Waals surface area contributed by atoms with Crippen LogP contribution in [0.1, 0.15) is 17.5 Å². The van der Waals surface area contributed by atoms with Crippen molar-refractivity contribution in [3.8, 4) is 5.75 Å². The highest BCUT2D eigenvalue weighted by Crippen LogP contribution is 2.52. The summed E-state index contributed by atoms with van der Waals surface area (Å²) in [7, 11) is 0. The molecule has 6 heteroatoms. The first-order chi connectivity index (χ1) is 12.5. The second-order valence-electron chi connectivity index (χ2n) is 6.83. The Morgan fingerprint density at radius 3 is 2.62 bits per heavy atom. The molecule has 1 fully saturated rings. The van der Waals surface area contributed by atoms with E-state index in [2.05, 4.69) is 0 Å². The molecule has 0 spiro atoms. The molecule has 3 atom stereocenters. The Kier molecular flexibility index (Phi) is 4.45. The van der Waals surface area contributed by atoms with Gasteiger partial charge in [0.1, 0.15) is 18.2 Å². The standard InChI is InChI=1S/C20H17ClF2O3/c21-13-3-1-12(2-4-13)9-20-7-8-25-17(10-24)14(20)11-26-19-16(23)6-5-15(22)18(19)20/h1-6,10,14,17H,7-9,11H2. The van der Waals surface area contributed by atoms with Gasteiger partial charge in [-0.1, -0.05) is 23.7 Å². The minimum Gasteiger partial charge on any atom is -0.490 e. The average molecular weight is 379 g/mol. The van der Waals surface area contributed by atoms with Crippen LogP contribution >= 0.6 is 11.6 Å². The van der Waals surface area contributed by atoms with E-state index in [4.69, 9.17) is 21.1 Å². The molecule has 3 unspecified atom stereocenters. The molecule has 0 aromatic heterocycles. The van der Waals surface area contributed by atoms with Gasteiger partial charge in [-0.25, -0.2) is 8.78 Å². The Morgan fingerprint density at radius 1 is 1.15 bits per heavy atom. The molecule has 0 saturated carbocycles. The van der Waals surface area contributed by atoms with E-state index in [0.29, 0.717) is 24.5 Å². The monoisotopic (exact) mass is 378 g/mol. The third-order valence-electron chi connectivity index (χ3n) is 5.50. The fourth-order valence-electron chi connectivity index (χ4n) is 4.28. The van der Waals surface area contributed by atoms with Crippen molar-refractivity contribution >= 4 is 17.9 Å². The molecule has 2 aromatic carbocycles. The molecule has 0 N–H and O–H groups in total. The van der Waals surface area contributed by atoms with E-state index in [-0.39, 0.29) is 17.9 Å². The van der Waals surface area contributed by atoms with Crippen molar-refractivity contribution in [3.05, 3.63) is 64.2 Å². The molecule has 1 saturated heterocycles. The van der Waals surface area contributed by atoms with Crippen LogP contribution < -0.4 is 4.74 Å². The van der Waals surface area contributed by atoms with Gasteiger partial charge in [-0.3, -0.25) is 0 Å². The highest BCUT2D eigenvalue weighted by molar-refractivity contribution is 6.30. The summed E-state index contributed by atoms with van der Waals surface area (Å²) in [6, 6.07) is 9.45. The predicted molar refractivity (Wildman–Crippen MR) is 92.6 cm³/mol. The van der Waals surface area contributed by atoms with Crippen LogP contribution in [0.15, 0.2) is 36.4 Å². The van der Waals surface area contributed by atoms with E-state index < -0.39 is 29.1 Å². The van der Waals surface area contributed by atoms with E-state index in [1.165, 1.54) is 0 Å². The van der Waals surface area contributed by atoms with Crippen LogP contribution in [0.3, 0.4) is 0 Å². The highest BCUT2D eigenvalue weighted by Gasteiger charge is 2.53. The molecule has 2 heterocycles. The van der Waals surface area contributed by atoms with E-state index in [0.717, 1.165) is 24.0 Å². The zero-order valence-electron chi connectivity index (χ0n) is 13.9. The van der Waals surface area contributed by atoms with E-state index in [1.807, 2.05) is 12.1 Å². The van der Waals surface area contributed by atoms with Crippen LogP contribution in [0.25, 0.3) is 0 Å². The third kappa shape index (κ3) is 2.70. The largest absolute Gasteiger partial charge is 0.490 e. The minimum atomic E-state index is -0.780. The topological polar surface area (TPSA) is 35.5 Å². The lowest BCUT2D eigenvalue weighted by Crippen LogP contribution is -2.55. The molecule has 0 radical (unpaired) electrons. The van der Waals surface area contributed by atoms with Crippen LogP contribution in [0, 0.1) is 17.6 Å². The maximum absolute atomic E-state index is 14.9. The van der Waals surface area contributed by atoms with Gasteiger partial charge in [0.15, 0.2) is 11.6 Å². The van der Waals surface area contributed by atoms with Crippen LogP contribution in [-0.2, 0) is 21.4 Å². The molecule has 136 valence electrons. The summed E-state index contributed by atoms with van der Waals surface area (Å²) in [5, 5.41) is 0.602. The first-order valence-corrected chi connectivity index (χ1v) is 8.85. The molecular weight excluding hydrogens is 362 g/mol. The number of carbonyl (C=O) groups is 1. The maximum atomic E-state index is 14.9. The lowest BCUT2D eigenvalue weighted by molar-refractivity contribution is -0.136. The number of carbonyl (C=O) groups excluding carboxylic acids is 1. The SMILES string of the molecule is O=CC1OCCC2(Cc3ccc(Cl)cc3)c3c(F)ccc(F)c3OCC12. The van der Waals surface area contributed by atoms with Crippen molar-refractivity contribution in [2.45, 2.75) is 24.4 Å². The van der Waals surface area contributed by atoms with Gasteiger partial charge >= 0.3 is 0 Å². The van der Waals surface area contributed by atoms with Crippen LogP contribution in [-0.4, -0.2) is 25.6 Å². The predicted octanol–water partition coefficient (Wildman–Crippen LogP) is 4.10. The van der Waals surface area contributed by atoms with Crippen LogP contribution in [0.2, 0.25) is 5.02 Å². The molecular formula is C20H17ClF2O3. The number of halogens is 3. The third-order valence-corrected chi connectivity index (χ3v) is 5.75. The number of benzene rings is 2. The Labute approximate surface area is 154 Å². The number of hydrogen-bond donors (Lipinski definition) is 0. The van der Waals surface area contributed by atoms with Crippen molar-refractivity contribution in [2.75, 3.05) is 13.2 Å². The van der Waals surface area contributed by atoms with E-state index in [1.54, 1.807) is 12.1 Å². The van der Waals surface area contributed by atoms with Crippen molar-refractivity contribution < 1.29 is 23.0 Å². The van der Waals surface area contributed by atoms with Gasteiger partial charge in [0.25, 0.3) is 0 Å². The summed E-state index contributed by atoms with van der Waals surface area (Å²) in [6.07, 6.45) is 0.930. The first kappa shape index (κ1) is 17.4. The fraction of sp³-hybridized carbons (Fsp3) is 0.350. The first-order valence-electron chi connectivity index (χ1n) is 8.48. The van der Waals surface area contributed by atoms with Crippen molar-refractivity contribution in [1.29, 1.82) is 0 Å². The van der Waals surface area contributed by atoms with E-state index in [9.17, 15) is 13.6 Å². The Balaban J connectivity index is 1.89. The second-order valence-corrected chi connectivity index (χ2v) is 7.27. The number of ether oxygens (including phenoxy) is 2. The van der Waals surface area contributed by atoms with Gasteiger partial charge in [-0.2, -0.15) is 0 Å². The Bertz CT molecular complexity index is 840. The smallest absolute Gasteiger partial charge is 0.165 e. The molecule has 26 heavy (non-hydrogen) atoms. The molecule has 2 aliphatic rings. The van der Waals surface area contributed by atoms with Crippen molar-refractivity contribution in [3.63, 3.8) is 0 Å². The Morgan fingerprint density at radius 2 is 1.88 bits per heavy atom. The van der Waals surface area contributed by atoms with Crippen molar-refractivity contribution in [1.82, 2.24) is 0 Å². The molecule has 0 amide bonds.